The summed E-state index contributed by atoms with van der Waals surface area (Å²) in [5.41, 5.74) is 3.11. The SMILES string of the molecule is O=[N+]([O-])c1ccc2c(c1)c1ccccc1n2-c1cc[c]cc1. The molecule has 0 amide bonds. The fourth-order valence-electron chi connectivity index (χ4n) is 2.88. The van der Waals surface area contributed by atoms with Gasteiger partial charge in [-0.05, 0) is 30.3 Å². The van der Waals surface area contributed by atoms with E-state index in [0.29, 0.717) is 0 Å². The number of nitro groups is 1. The summed E-state index contributed by atoms with van der Waals surface area (Å²) in [7, 11) is 0. The van der Waals surface area contributed by atoms with Crippen LogP contribution in [0.2, 0.25) is 0 Å². The number of rotatable bonds is 2. The van der Waals surface area contributed by atoms with Gasteiger partial charge in [0.1, 0.15) is 0 Å². The average Bonchev–Trinajstić information content (AvgIpc) is 2.89. The summed E-state index contributed by atoms with van der Waals surface area (Å²) in [6.45, 7) is 0. The monoisotopic (exact) mass is 287 g/mol. The second-order valence-electron chi connectivity index (χ2n) is 5.07. The fraction of sp³-hybridized carbons (Fsp3) is 0. The molecule has 0 atom stereocenters. The van der Waals surface area contributed by atoms with Gasteiger partial charge in [0.25, 0.3) is 5.69 Å². The molecule has 0 spiro atoms. The Balaban J connectivity index is 2.17. The van der Waals surface area contributed by atoms with Crippen LogP contribution in [-0.4, -0.2) is 9.49 Å². The number of benzene rings is 3. The summed E-state index contributed by atoms with van der Waals surface area (Å²) < 4.78 is 2.11. The largest absolute Gasteiger partial charge is 0.309 e. The lowest BCUT2D eigenvalue weighted by Gasteiger charge is -2.06. The van der Waals surface area contributed by atoms with Gasteiger partial charge in [0, 0.05) is 28.6 Å². The Hall–Kier alpha value is -3.14. The lowest BCUT2D eigenvalue weighted by molar-refractivity contribution is -0.384. The summed E-state index contributed by atoms with van der Waals surface area (Å²) in [5, 5.41) is 12.9. The Labute approximate surface area is 126 Å². The minimum Gasteiger partial charge on any atom is -0.309 e. The van der Waals surface area contributed by atoms with Crippen LogP contribution in [0, 0.1) is 16.2 Å². The zero-order valence-corrected chi connectivity index (χ0v) is 11.6. The summed E-state index contributed by atoms with van der Waals surface area (Å²) in [6, 6.07) is 23.6. The Morgan fingerprint density at radius 3 is 2.41 bits per heavy atom. The Kier molecular flexibility index (Phi) is 2.69. The number of hydrogen-bond donors (Lipinski definition) is 0. The first-order valence-corrected chi connectivity index (χ1v) is 6.90. The van der Waals surface area contributed by atoms with Gasteiger partial charge in [-0.25, -0.2) is 0 Å². The second-order valence-corrected chi connectivity index (χ2v) is 5.07. The predicted molar refractivity (Wildman–Crippen MR) is 86.3 cm³/mol. The van der Waals surface area contributed by atoms with Crippen molar-refractivity contribution >= 4 is 27.5 Å². The van der Waals surface area contributed by atoms with Crippen molar-refractivity contribution in [2.75, 3.05) is 0 Å². The molecule has 0 N–H and O–H groups in total. The molecule has 4 aromatic rings. The van der Waals surface area contributed by atoms with Gasteiger partial charge in [-0.3, -0.25) is 10.1 Å². The molecule has 4 rings (SSSR count). The van der Waals surface area contributed by atoms with Crippen LogP contribution in [0.25, 0.3) is 27.5 Å². The van der Waals surface area contributed by atoms with E-state index < -0.39 is 0 Å². The van der Waals surface area contributed by atoms with E-state index >= 15 is 0 Å². The number of nitro benzene ring substituents is 1. The second kappa shape index (κ2) is 4.70. The fourth-order valence-corrected chi connectivity index (χ4v) is 2.88. The molecule has 0 unspecified atom stereocenters. The van der Waals surface area contributed by atoms with E-state index in [1.807, 2.05) is 54.6 Å². The van der Waals surface area contributed by atoms with E-state index in [4.69, 9.17) is 0 Å². The molecule has 0 bridgehead atoms. The molecule has 0 saturated heterocycles. The van der Waals surface area contributed by atoms with Gasteiger partial charge in [-0.2, -0.15) is 0 Å². The maximum atomic E-state index is 11.1. The lowest BCUT2D eigenvalue weighted by atomic mass is 10.1. The molecule has 1 radical (unpaired) electrons. The van der Waals surface area contributed by atoms with Crippen molar-refractivity contribution in [1.82, 2.24) is 4.57 Å². The molecule has 1 aromatic heterocycles. The third-order valence-electron chi connectivity index (χ3n) is 3.83. The molecular weight excluding hydrogens is 276 g/mol. The van der Waals surface area contributed by atoms with Crippen molar-refractivity contribution in [2.45, 2.75) is 0 Å². The van der Waals surface area contributed by atoms with Crippen LogP contribution in [0.3, 0.4) is 0 Å². The molecule has 4 heteroatoms. The standard InChI is InChI=1S/C18H11N2O2/c21-20(22)14-10-11-18-16(12-14)15-8-4-5-9-17(15)19(18)13-6-2-1-3-7-13/h2-12H. The van der Waals surface area contributed by atoms with E-state index in [1.54, 1.807) is 12.1 Å². The summed E-state index contributed by atoms with van der Waals surface area (Å²) in [4.78, 5) is 10.7. The molecule has 22 heavy (non-hydrogen) atoms. The van der Waals surface area contributed by atoms with Crippen LogP contribution in [0.1, 0.15) is 0 Å². The lowest BCUT2D eigenvalue weighted by Crippen LogP contribution is -1.93. The van der Waals surface area contributed by atoms with E-state index in [1.165, 1.54) is 0 Å². The van der Waals surface area contributed by atoms with Gasteiger partial charge in [0.05, 0.1) is 16.0 Å². The average molecular weight is 287 g/mol. The van der Waals surface area contributed by atoms with Crippen molar-refractivity contribution in [3.05, 3.63) is 82.9 Å². The topological polar surface area (TPSA) is 48.1 Å². The number of nitrogens with zero attached hydrogens (tertiary/aromatic N) is 2. The zero-order chi connectivity index (χ0) is 15.1. The molecule has 0 aliphatic carbocycles. The first-order valence-electron chi connectivity index (χ1n) is 6.90. The summed E-state index contributed by atoms with van der Waals surface area (Å²) >= 11 is 0. The summed E-state index contributed by atoms with van der Waals surface area (Å²) in [6.07, 6.45) is 0. The number of para-hydroxylation sites is 1. The smallest absolute Gasteiger partial charge is 0.270 e. The minimum atomic E-state index is -0.358. The van der Waals surface area contributed by atoms with Crippen molar-refractivity contribution in [3.63, 3.8) is 0 Å². The zero-order valence-electron chi connectivity index (χ0n) is 11.6. The highest BCUT2D eigenvalue weighted by Crippen LogP contribution is 2.33. The molecule has 105 valence electrons. The van der Waals surface area contributed by atoms with Gasteiger partial charge in [0.2, 0.25) is 0 Å². The van der Waals surface area contributed by atoms with Crippen molar-refractivity contribution in [2.24, 2.45) is 0 Å². The van der Waals surface area contributed by atoms with E-state index in [2.05, 4.69) is 10.6 Å². The number of aromatic nitrogens is 1. The molecular formula is C18H11N2O2. The van der Waals surface area contributed by atoms with Crippen LogP contribution in [0.5, 0.6) is 0 Å². The quantitative estimate of drug-likeness (QED) is 0.403. The Morgan fingerprint density at radius 2 is 1.64 bits per heavy atom. The van der Waals surface area contributed by atoms with Crippen molar-refractivity contribution < 1.29 is 4.92 Å². The van der Waals surface area contributed by atoms with Crippen LogP contribution < -0.4 is 0 Å². The van der Waals surface area contributed by atoms with Crippen LogP contribution >= 0.6 is 0 Å². The molecule has 0 fully saturated rings. The van der Waals surface area contributed by atoms with Gasteiger partial charge >= 0.3 is 0 Å². The highest BCUT2D eigenvalue weighted by atomic mass is 16.6. The highest BCUT2D eigenvalue weighted by Gasteiger charge is 2.15. The number of non-ortho nitro benzene ring substituents is 1. The maximum absolute atomic E-state index is 11.1. The van der Waals surface area contributed by atoms with E-state index in [9.17, 15) is 10.1 Å². The third kappa shape index (κ3) is 1.78. The normalized spacial score (nSPS) is 11.1. The molecule has 3 aromatic carbocycles. The summed E-state index contributed by atoms with van der Waals surface area (Å²) in [5.74, 6) is 0. The first kappa shape index (κ1) is 12.6. The van der Waals surface area contributed by atoms with Crippen LogP contribution in [-0.2, 0) is 0 Å². The van der Waals surface area contributed by atoms with E-state index in [-0.39, 0.29) is 10.6 Å². The number of fused-ring (bicyclic) bond motifs is 3. The van der Waals surface area contributed by atoms with Gasteiger partial charge in [-0.1, -0.05) is 30.3 Å². The number of hydrogen-bond acceptors (Lipinski definition) is 2. The van der Waals surface area contributed by atoms with Crippen molar-refractivity contribution in [1.29, 1.82) is 0 Å². The van der Waals surface area contributed by atoms with Crippen molar-refractivity contribution in [3.8, 4) is 5.69 Å². The van der Waals surface area contributed by atoms with Gasteiger partial charge in [-0.15, -0.1) is 0 Å². The molecule has 4 nitrogen and oxygen atoms in total. The molecule has 0 aliphatic rings. The van der Waals surface area contributed by atoms with Crippen LogP contribution in [0.4, 0.5) is 5.69 Å². The van der Waals surface area contributed by atoms with Gasteiger partial charge in [0.15, 0.2) is 0 Å². The predicted octanol–water partition coefficient (Wildman–Crippen LogP) is 4.49. The molecule has 0 saturated carbocycles. The minimum absolute atomic E-state index is 0.108. The molecule has 1 heterocycles. The highest BCUT2D eigenvalue weighted by molar-refractivity contribution is 6.09. The first-order chi connectivity index (χ1) is 10.8. The van der Waals surface area contributed by atoms with Gasteiger partial charge < -0.3 is 4.57 Å². The Morgan fingerprint density at radius 1 is 0.909 bits per heavy atom. The third-order valence-corrected chi connectivity index (χ3v) is 3.83. The Bertz CT molecular complexity index is 1000. The maximum Gasteiger partial charge on any atom is 0.270 e. The van der Waals surface area contributed by atoms with Crippen LogP contribution in [0.15, 0.2) is 66.7 Å². The molecule has 0 aliphatic heterocycles. The van der Waals surface area contributed by atoms with E-state index in [0.717, 1.165) is 27.5 Å².